The average Bonchev–Trinajstić information content (AvgIpc) is 3.14. The lowest BCUT2D eigenvalue weighted by Crippen LogP contribution is -2.16. The van der Waals surface area contributed by atoms with Gasteiger partial charge in [0, 0.05) is 10.8 Å². The van der Waals surface area contributed by atoms with Crippen molar-refractivity contribution in [3.8, 4) is 0 Å². The number of allylic oxidation sites excluding steroid dienone is 5. The number of nitrogens with zero attached hydrogens (tertiary/aromatic N) is 1. The second-order valence-electron chi connectivity index (χ2n) is 11.8. The lowest BCUT2D eigenvalue weighted by atomic mass is 9.80. The number of rotatable bonds is 5. The summed E-state index contributed by atoms with van der Waals surface area (Å²) in [6, 6.07) is 37.4. The van der Waals surface area contributed by atoms with E-state index >= 15 is 0 Å². The first-order valence-electron chi connectivity index (χ1n) is 15.0. The van der Waals surface area contributed by atoms with Crippen molar-refractivity contribution in [2.24, 2.45) is 0 Å². The molecule has 0 amide bonds. The first kappa shape index (κ1) is 26.7. The summed E-state index contributed by atoms with van der Waals surface area (Å²) < 4.78 is 0. The quantitative estimate of drug-likeness (QED) is 0.192. The van der Waals surface area contributed by atoms with Crippen LogP contribution in [0.1, 0.15) is 54.2 Å². The zero-order valence-corrected chi connectivity index (χ0v) is 25.0. The number of anilines is 3. The van der Waals surface area contributed by atoms with Crippen LogP contribution in [-0.2, 0) is 5.41 Å². The molecule has 5 aromatic carbocycles. The monoisotopic (exact) mass is 553 g/mol. The minimum Gasteiger partial charge on any atom is -0.309 e. The molecule has 43 heavy (non-hydrogen) atoms. The van der Waals surface area contributed by atoms with Crippen LogP contribution in [-0.4, -0.2) is 0 Å². The van der Waals surface area contributed by atoms with Crippen molar-refractivity contribution in [1.29, 1.82) is 0 Å². The van der Waals surface area contributed by atoms with Gasteiger partial charge in [0.15, 0.2) is 0 Å². The van der Waals surface area contributed by atoms with Gasteiger partial charge in [-0.15, -0.1) is 0 Å². The van der Waals surface area contributed by atoms with Crippen LogP contribution >= 0.6 is 0 Å². The van der Waals surface area contributed by atoms with E-state index in [1.807, 2.05) is 6.08 Å². The van der Waals surface area contributed by atoms with Gasteiger partial charge >= 0.3 is 0 Å². The van der Waals surface area contributed by atoms with Crippen molar-refractivity contribution >= 4 is 57.7 Å². The Hall–Kier alpha value is -5.14. The molecule has 208 valence electrons. The summed E-state index contributed by atoms with van der Waals surface area (Å²) >= 11 is 0. The molecular formula is C42H35N. The van der Waals surface area contributed by atoms with E-state index in [9.17, 15) is 0 Å². The molecule has 0 radical (unpaired) electrons. The normalized spacial score (nSPS) is 15.2. The van der Waals surface area contributed by atoms with Gasteiger partial charge in [-0.3, -0.25) is 0 Å². The third kappa shape index (κ3) is 4.40. The topological polar surface area (TPSA) is 3.24 Å². The van der Waals surface area contributed by atoms with E-state index in [2.05, 4.69) is 172 Å². The summed E-state index contributed by atoms with van der Waals surface area (Å²) in [6.07, 6.45) is 15.3. The maximum absolute atomic E-state index is 4.14. The van der Waals surface area contributed by atoms with E-state index < -0.39 is 0 Å². The zero-order valence-electron chi connectivity index (χ0n) is 25.0. The van der Waals surface area contributed by atoms with Crippen LogP contribution in [0.25, 0.3) is 40.6 Å². The second-order valence-corrected chi connectivity index (χ2v) is 11.8. The summed E-state index contributed by atoms with van der Waals surface area (Å²) in [5.74, 6) is 0. The fourth-order valence-electron chi connectivity index (χ4n) is 6.82. The molecule has 1 aliphatic carbocycles. The maximum Gasteiger partial charge on any atom is 0.0540 e. The molecule has 0 atom stereocenters. The van der Waals surface area contributed by atoms with Crippen LogP contribution in [0.3, 0.4) is 0 Å². The second kappa shape index (κ2) is 10.6. The largest absolute Gasteiger partial charge is 0.309 e. The molecule has 0 fully saturated rings. The number of hydrogen-bond acceptors (Lipinski definition) is 1. The zero-order chi connectivity index (χ0) is 29.6. The fourth-order valence-corrected chi connectivity index (χ4v) is 6.82. The van der Waals surface area contributed by atoms with Crippen molar-refractivity contribution in [3.05, 3.63) is 167 Å². The Morgan fingerprint density at radius 2 is 1.30 bits per heavy atom. The molecule has 1 aliphatic heterocycles. The van der Waals surface area contributed by atoms with Gasteiger partial charge in [-0.1, -0.05) is 148 Å². The number of fused-ring (bicyclic) bond motifs is 4. The van der Waals surface area contributed by atoms with Gasteiger partial charge in [-0.05, 0) is 75.0 Å². The number of benzene rings is 5. The molecule has 0 spiro atoms. The van der Waals surface area contributed by atoms with Crippen molar-refractivity contribution in [3.63, 3.8) is 0 Å². The predicted octanol–water partition coefficient (Wildman–Crippen LogP) is 11.8. The summed E-state index contributed by atoms with van der Waals surface area (Å²) in [6.45, 7) is 10.8. The van der Waals surface area contributed by atoms with E-state index in [4.69, 9.17) is 0 Å². The minimum absolute atomic E-state index is 0.0846. The molecule has 2 aliphatic rings. The summed E-state index contributed by atoms with van der Waals surface area (Å²) in [5, 5.41) is 2.46. The highest BCUT2D eigenvalue weighted by Gasteiger charge is 2.35. The van der Waals surface area contributed by atoms with Crippen LogP contribution in [0.5, 0.6) is 0 Å². The molecule has 1 nitrogen and oxygen atoms in total. The minimum atomic E-state index is -0.0846. The molecule has 5 aromatic rings. The van der Waals surface area contributed by atoms with E-state index in [1.54, 1.807) is 0 Å². The van der Waals surface area contributed by atoms with E-state index in [-0.39, 0.29) is 5.41 Å². The molecule has 0 saturated heterocycles. The summed E-state index contributed by atoms with van der Waals surface area (Å²) in [5.41, 5.74) is 13.5. The van der Waals surface area contributed by atoms with Crippen molar-refractivity contribution in [2.75, 3.05) is 4.90 Å². The van der Waals surface area contributed by atoms with Gasteiger partial charge in [0.1, 0.15) is 0 Å². The molecule has 7 rings (SSSR count). The van der Waals surface area contributed by atoms with Crippen molar-refractivity contribution in [1.82, 2.24) is 0 Å². The van der Waals surface area contributed by atoms with E-state index in [1.165, 1.54) is 72.4 Å². The van der Waals surface area contributed by atoms with Crippen LogP contribution in [0, 0.1) is 0 Å². The highest BCUT2D eigenvalue weighted by Crippen LogP contribution is 2.48. The SMILES string of the molecule is C=CC1=C(/C=C\C)c2ccc(/C=C/c3ccc(N4c5ccccc5C=Cc5ccccc54)c4ccccc34)cc2C1(C)C. The highest BCUT2D eigenvalue weighted by molar-refractivity contribution is 6.06. The van der Waals surface area contributed by atoms with Crippen molar-refractivity contribution in [2.45, 2.75) is 26.2 Å². The van der Waals surface area contributed by atoms with Crippen LogP contribution in [0.4, 0.5) is 17.1 Å². The maximum atomic E-state index is 4.14. The van der Waals surface area contributed by atoms with Gasteiger partial charge < -0.3 is 4.90 Å². The lowest BCUT2D eigenvalue weighted by Gasteiger charge is -2.28. The van der Waals surface area contributed by atoms with Gasteiger partial charge in [-0.25, -0.2) is 0 Å². The number of hydrogen-bond donors (Lipinski definition) is 0. The van der Waals surface area contributed by atoms with Gasteiger partial charge in [0.05, 0.1) is 17.1 Å². The standard InChI is InChI=1S/C42H35N/c1-5-13-34-35-26-21-29(28-38(35)42(3,4)37(34)6-2)20-22-30-25-27-41(36-17-10-9-16-33(30)36)43-39-18-11-7-14-31(39)23-24-32-15-8-12-19-40(32)43/h5-28H,2H2,1,3-4H3/b13-5-,22-20+. The Kier molecular flexibility index (Phi) is 6.59. The smallest absolute Gasteiger partial charge is 0.0540 e. The molecule has 0 unspecified atom stereocenters. The molecule has 0 aromatic heterocycles. The van der Waals surface area contributed by atoms with Crippen LogP contribution in [0.15, 0.2) is 134 Å². The van der Waals surface area contributed by atoms with Gasteiger partial charge in [-0.2, -0.15) is 0 Å². The van der Waals surface area contributed by atoms with Crippen LogP contribution in [0.2, 0.25) is 0 Å². The molecule has 1 heteroatoms. The summed E-state index contributed by atoms with van der Waals surface area (Å²) in [4.78, 5) is 2.41. The first-order chi connectivity index (χ1) is 21.0. The molecular weight excluding hydrogens is 518 g/mol. The summed E-state index contributed by atoms with van der Waals surface area (Å²) in [7, 11) is 0. The van der Waals surface area contributed by atoms with E-state index in [0.717, 1.165) is 0 Å². The van der Waals surface area contributed by atoms with Gasteiger partial charge in [0.25, 0.3) is 0 Å². The third-order valence-electron chi connectivity index (χ3n) is 8.94. The molecule has 0 saturated carbocycles. The Balaban J connectivity index is 1.32. The average molecular weight is 554 g/mol. The molecule has 0 N–H and O–H groups in total. The predicted molar refractivity (Wildman–Crippen MR) is 188 cm³/mol. The van der Waals surface area contributed by atoms with Crippen molar-refractivity contribution < 1.29 is 0 Å². The van der Waals surface area contributed by atoms with E-state index in [0.29, 0.717) is 0 Å². The van der Waals surface area contributed by atoms with Gasteiger partial charge in [0.2, 0.25) is 0 Å². The number of para-hydroxylation sites is 2. The Bertz CT molecular complexity index is 1980. The third-order valence-corrected chi connectivity index (χ3v) is 8.94. The molecule has 0 bridgehead atoms. The fraction of sp³-hybridized carbons (Fsp3) is 0.0952. The first-order valence-corrected chi connectivity index (χ1v) is 15.0. The highest BCUT2D eigenvalue weighted by atomic mass is 15.1. The van der Waals surface area contributed by atoms with Crippen LogP contribution < -0.4 is 4.90 Å². The molecule has 1 heterocycles. The Labute approximate surface area is 255 Å². The Morgan fingerprint density at radius 1 is 0.651 bits per heavy atom. The lowest BCUT2D eigenvalue weighted by molar-refractivity contribution is 0.654. The Morgan fingerprint density at radius 3 is 1.98 bits per heavy atom.